The van der Waals surface area contributed by atoms with Crippen LogP contribution in [0.4, 0.5) is 0 Å². The number of piperidine rings is 1. The van der Waals surface area contributed by atoms with Crippen LogP contribution in [0.2, 0.25) is 10.0 Å². The molecule has 1 aromatic heterocycles. The molecule has 2 aromatic rings. The molecule has 0 aliphatic carbocycles. The summed E-state index contributed by atoms with van der Waals surface area (Å²) in [5, 5.41) is 7.58. The Kier molecular flexibility index (Phi) is 5.03. The van der Waals surface area contributed by atoms with E-state index in [-0.39, 0.29) is 11.9 Å². The highest BCUT2D eigenvalue weighted by molar-refractivity contribution is 7.17. The maximum absolute atomic E-state index is 12.3. The molecule has 116 valence electrons. The molecule has 2 heterocycles. The van der Waals surface area contributed by atoms with Crippen LogP contribution in [0.25, 0.3) is 10.4 Å². The van der Waals surface area contributed by atoms with Crippen molar-refractivity contribution in [1.82, 2.24) is 10.6 Å². The highest BCUT2D eigenvalue weighted by Crippen LogP contribution is 2.32. The van der Waals surface area contributed by atoms with E-state index in [9.17, 15) is 4.79 Å². The van der Waals surface area contributed by atoms with Crippen molar-refractivity contribution in [2.24, 2.45) is 0 Å². The number of amides is 1. The number of hydrogen-bond acceptors (Lipinski definition) is 3. The van der Waals surface area contributed by atoms with E-state index in [1.165, 1.54) is 11.3 Å². The molecule has 0 bridgehead atoms. The minimum absolute atomic E-state index is 0.00345. The van der Waals surface area contributed by atoms with Crippen molar-refractivity contribution in [1.29, 1.82) is 0 Å². The average Bonchev–Trinajstić information content (AvgIpc) is 2.97. The maximum atomic E-state index is 12.3. The second-order valence-electron chi connectivity index (χ2n) is 5.32. The lowest BCUT2D eigenvalue weighted by molar-refractivity contribution is 0.0933. The fourth-order valence-corrected chi connectivity index (χ4v) is 3.96. The van der Waals surface area contributed by atoms with Gasteiger partial charge in [0.15, 0.2) is 0 Å². The second-order valence-corrected chi connectivity index (χ2v) is 7.28. The van der Waals surface area contributed by atoms with E-state index in [0.29, 0.717) is 14.9 Å². The van der Waals surface area contributed by atoms with E-state index in [1.807, 2.05) is 24.3 Å². The van der Waals surface area contributed by atoms with Gasteiger partial charge >= 0.3 is 0 Å². The Hall–Kier alpha value is -1.07. The molecule has 1 fully saturated rings. The molecule has 0 radical (unpaired) electrons. The van der Waals surface area contributed by atoms with Gasteiger partial charge in [-0.25, -0.2) is 0 Å². The third kappa shape index (κ3) is 3.82. The lowest BCUT2D eigenvalue weighted by atomic mass is 10.1. The SMILES string of the molecule is O=C(NC1CCNCC1)c1ccc(-c2cc(Cl)cc(Cl)c2)s1. The summed E-state index contributed by atoms with van der Waals surface area (Å²) in [6.45, 7) is 1.92. The topological polar surface area (TPSA) is 41.1 Å². The van der Waals surface area contributed by atoms with Crippen molar-refractivity contribution in [3.8, 4) is 10.4 Å². The van der Waals surface area contributed by atoms with Crippen molar-refractivity contribution in [2.75, 3.05) is 13.1 Å². The lowest BCUT2D eigenvalue weighted by Crippen LogP contribution is -2.42. The van der Waals surface area contributed by atoms with Gasteiger partial charge in [-0.05, 0) is 61.8 Å². The summed E-state index contributed by atoms with van der Waals surface area (Å²) in [5.74, 6) is -0.00345. The van der Waals surface area contributed by atoms with Crippen LogP contribution in [0.15, 0.2) is 30.3 Å². The molecule has 3 nitrogen and oxygen atoms in total. The van der Waals surface area contributed by atoms with Gasteiger partial charge in [0.05, 0.1) is 4.88 Å². The van der Waals surface area contributed by atoms with Crippen molar-refractivity contribution >= 4 is 40.4 Å². The van der Waals surface area contributed by atoms with Crippen LogP contribution in [-0.2, 0) is 0 Å². The standard InChI is InChI=1S/C16H16Cl2N2OS/c17-11-7-10(8-12(18)9-11)14-1-2-15(22-14)16(21)20-13-3-5-19-6-4-13/h1-2,7-9,13,19H,3-6H2,(H,20,21). The van der Waals surface area contributed by atoms with E-state index in [1.54, 1.807) is 6.07 Å². The van der Waals surface area contributed by atoms with E-state index in [0.717, 1.165) is 36.4 Å². The highest BCUT2D eigenvalue weighted by Gasteiger charge is 2.17. The van der Waals surface area contributed by atoms with Gasteiger partial charge in [-0.2, -0.15) is 0 Å². The van der Waals surface area contributed by atoms with Crippen molar-refractivity contribution < 1.29 is 4.79 Å². The summed E-state index contributed by atoms with van der Waals surface area (Å²) >= 11 is 13.5. The van der Waals surface area contributed by atoms with Crippen LogP contribution >= 0.6 is 34.5 Å². The molecule has 22 heavy (non-hydrogen) atoms. The van der Waals surface area contributed by atoms with Crippen molar-refractivity contribution in [3.05, 3.63) is 45.3 Å². The molecule has 0 atom stereocenters. The van der Waals surface area contributed by atoms with Crippen LogP contribution in [0.1, 0.15) is 22.5 Å². The predicted molar refractivity (Wildman–Crippen MR) is 93.1 cm³/mol. The molecular formula is C16H16Cl2N2OS. The first-order chi connectivity index (χ1) is 10.6. The minimum Gasteiger partial charge on any atom is -0.349 e. The number of benzene rings is 1. The molecule has 0 unspecified atom stereocenters. The summed E-state index contributed by atoms with van der Waals surface area (Å²) in [4.78, 5) is 14.0. The van der Waals surface area contributed by atoms with Gasteiger partial charge in [-0.3, -0.25) is 4.79 Å². The Morgan fingerprint density at radius 2 is 1.82 bits per heavy atom. The maximum Gasteiger partial charge on any atom is 0.261 e. The fourth-order valence-electron chi connectivity index (χ4n) is 2.53. The van der Waals surface area contributed by atoms with E-state index >= 15 is 0 Å². The number of halogens is 2. The Labute approximate surface area is 143 Å². The number of carbonyl (C=O) groups excluding carboxylic acids is 1. The van der Waals surface area contributed by atoms with Crippen molar-refractivity contribution in [3.63, 3.8) is 0 Å². The second kappa shape index (κ2) is 7.01. The molecule has 2 N–H and O–H groups in total. The first-order valence-corrected chi connectivity index (χ1v) is 8.77. The van der Waals surface area contributed by atoms with Gasteiger partial charge in [0.2, 0.25) is 0 Å². The molecule has 0 saturated carbocycles. The Bertz CT molecular complexity index is 660. The van der Waals surface area contributed by atoms with Gasteiger partial charge in [0.25, 0.3) is 5.91 Å². The number of carbonyl (C=O) groups is 1. The number of hydrogen-bond donors (Lipinski definition) is 2. The zero-order valence-corrected chi connectivity index (χ0v) is 14.2. The molecule has 6 heteroatoms. The molecule has 1 aliphatic heterocycles. The third-order valence-electron chi connectivity index (χ3n) is 3.65. The Balaban J connectivity index is 1.73. The van der Waals surface area contributed by atoms with Gasteiger partial charge < -0.3 is 10.6 Å². The largest absolute Gasteiger partial charge is 0.349 e. The average molecular weight is 355 g/mol. The summed E-state index contributed by atoms with van der Waals surface area (Å²) in [7, 11) is 0. The Morgan fingerprint density at radius 3 is 2.50 bits per heavy atom. The van der Waals surface area contributed by atoms with Crippen molar-refractivity contribution in [2.45, 2.75) is 18.9 Å². The van der Waals surface area contributed by atoms with Gasteiger partial charge in [-0.15, -0.1) is 11.3 Å². The van der Waals surface area contributed by atoms with Gasteiger partial charge in [0, 0.05) is 21.0 Å². The first kappa shape index (κ1) is 15.8. The van der Waals surface area contributed by atoms with E-state index in [2.05, 4.69) is 10.6 Å². The molecular weight excluding hydrogens is 339 g/mol. The zero-order chi connectivity index (χ0) is 15.5. The molecule has 1 saturated heterocycles. The molecule has 1 amide bonds. The highest BCUT2D eigenvalue weighted by atomic mass is 35.5. The van der Waals surface area contributed by atoms with Crippen LogP contribution < -0.4 is 10.6 Å². The quantitative estimate of drug-likeness (QED) is 0.866. The van der Waals surface area contributed by atoms with E-state index < -0.39 is 0 Å². The zero-order valence-electron chi connectivity index (χ0n) is 11.9. The smallest absolute Gasteiger partial charge is 0.261 e. The number of rotatable bonds is 3. The molecule has 3 rings (SSSR count). The summed E-state index contributed by atoms with van der Waals surface area (Å²) in [6.07, 6.45) is 1.96. The summed E-state index contributed by atoms with van der Waals surface area (Å²) < 4.78 is 0. The summed E-state index contributed by atoms with van der Waals surface area (Å²) in [5.41, 5.74) is 0.934. The van der Waals surface area contributed by atoms with Crippen LogP contribution in [0, 0.1) is 0 Å². The monoisotopic (exact) mass is 354 g/mol. The van der Waals surface area contributed by atoms with Crippen LogP contribution in [0.3, 0.4) is 0 Å². The molecule has 0 spiro atoms. The van der Waals surface area contributed by atoms with Gasteiger partial charge in [-0.1, -0.05) is 23.2 Å². The van der Waals surface area contributed by atoms with E-state index in [4.69, 9.17) is 23.2 Å². The fraction of sp³-hybridized carbons (Fsp3) is 0.312. The Morgan fingerprint density at radius 1 is 1.14 bits per heavy atom. The predicted octanol–water partition coefficient (Wildman–Crippen LogP) is 4.20. The molecule has 1 aliphatic rings. The van der Waals surface area contributed by atoms with Gasteiger partial charge in [0.1, 0.15) is 0 Å². The normalized spacial score (nSPS) is 15.7. The number of nitrogens with one attached hydrogen (secondary N) is 2. The van der Waals surface area contributed by atoms with Crippen LogP contribution in [-0.4, -0.2) is 25.0 Å². The number of thiophene rings is 1. The van der Waals surface area contributed by atoms with Crippen LogP contribution in [0.5, 0.6) is 0 Å². The molecule has 1 aromatic carbocycles. The minimum atomic E-state index is -0.00345. The lowest BCUT2D eigenvalue weighted by Gasteiger charge is -2.23. The summed E-state index contributed by atoms with van der Waals surface area (Å²) in [6, 6.07) is 9.46. The first-order valence-electron chi connectivity index (χ1n) is 7.20. The third-order valence-corrected chi connectivity index (χ3v) is 5.22.